The summed E-state index contributed by atoms with van der Waals surface area (Å²) in [6.07, 6.45) is 0. The molecule has 1 aliphatic heterocycles. The van der Waals surface area contributed by atoms with Crippen LogP contribution in [0.4, 0.5) is 4.39 Å². The highest BCUT2D eigenvalue weighted by Crippen LogP contribution is 2.21. The summed E-state index contributed by atoms with van der Waals surface area (Å²) in [5, 5.41) is 0. The van der Waals surface area contributed by atoms with Crippen molar-refractivity contribution in [1.29, 1.82) is 0 Å². The van der Waals surface area contributed by atoms with Crippen molar-refractivity contribution in [2.75, 3.05) is 33.3 Å². The van der Waals surface area contributed by atoms with E-state index in [1.807, 2.05) is 0 Å². The van der Waals surface area contributed by atoms with Gasteiger partial charge in [0, 0.05) is 6.07 Å². The number of thiophene rings is 1. The van der Waals surface area contributed by atoms with Gasteiger partial charge in [0.05, 0.1) is 47.5 Å². The van der Waals surface area contributed by atoms with Crippen LogP contribution in [0.1, 0.15) is 15.2 Å². The van der Waals surface area contributed by atoms with Gasteiger partial charge in [0.25, 0.3) is 5.91 Å². The Morgan fingerprint density at radius 2 is 2.08 bits per heavy atom. The predicted octanol–water partition coefficient (Wildman–Crippen LogP) is 2.20. The molecule has 2 aromatic rings. The number of quaternary nitrogens is 1. The molecule has 0 saturated carbocycles. The Bertz CT molecular complexity index is 729. The first kappa shape index (κ1) is 17.4. The van der Waals surface area contributed by atoms with E-state index in [-0.39, 0.29) is 11.5 Å². The van der Waals surface area contributed by atoms with Gasteiger partial charge in [-0.3, -0.25) is 4.79 Å². The van der Waals surface area contributed by atoms with Crippen LogP contribution in [-0.4, -0.2) is 44.1 Å². The van der Waals surface area contributed by atoms with Crippen molar-refractivity contribution in [2.24, 2.45) is 0 Å². The number of benzene rings is 1. The van der Waals surface area contributed by atoms with Crippen molar-refractivity contribution in [1.82, 2.24) is 4.90 Å². The number of amides is 1. The van der Waals surface area contributed by atoms with Crippen molar-refractivity contribution >= 4 is 33.2 Å². The zero-order chi connectivity index (χ0) is 17.1. The Labute approximate surface area is 153 Å². The molecule has 1 fully saturated rings. The fraction of sp³-hybridized carbons (Fsp3) is 0.353. The SMILES string of the molecule is COc1ccc(C(=O)N2CC[NH+](Cc3ccc(Br)s3)CC2)c(F)c1. The second kappa shape index (κ2) is 7.63. The van der Waals surface area contributed by atoms with E-state index in [2.05, 4.69) is 28.1 Å². The lowest BCUT2D eigenvalue weighted by atomic mass is 10.1. The smallest absolute Gasteiger partial charge is 0.257 e. The molecule has 0 bridgehead atoms. The Balaban J connectivity index is 1.59. The van der Waals surface area contributed by atoms with Crippen molar-refractivity contribution in [3.63, 3.8) is 0 Å². The van der Waals surface area contributed by atoms with Crippen molar-refractivity contribution in [3.8, 4) is 5.75 Å². The maximum atomic E-state index is 14.1. The summed E-state index contributed by atoms with van der Waals surface area (Å²) in [7, 11) is 1.48. The molecule has 1 aliphatic rings. The normalized spacial score (nSPS) is 15.5. The average Bonchev–Trinajstić information content (AvgIpc) is 2.99. The van der Waals surface area contributed by atoms with Gasteiger partial charge in [0.15, 0.2) is 0 Å². The van der Waals surface area contributed by atoms with Crippen LogP contribution < -0.4 is 9.64 Å². The quantitative estimate of drug-likeness (QED) is 0.833. The van der Waals surface area contributed by atoms with Crippen LogP contribution in [0.25, 0.3) is 0 Å². The van der Waals surface area contributed by atoms with E-state index < -0.39 is 5.82 Å². The molecule has 2 heterocycles. The van der Waals surface area contributed by atoms with Gasteiger partial charge in [-0.05, 0) is 40.2 Å². The molecular formula is C17H19BrFN2O2S+. The summed E-state index contributed by atoms with van der Waals surface area (Å²) in [5.41, 5.74) is 0.112. The summed E-state index contributed by atoms with van der Waals surface area (Å²) in [4.78, 5) is 17.0. The minimum atomic E-state index is -0.530. The molecule has 1 saturated heterocycles. The molecule has 0 aliphatic carbocycles. The minimum Gasteiger partial charge on any atom is -0.497 e. The Kier molecular flexibility index (Phi) is 5.53. The van der Waals surface area contributed by atoms with Gasteiger partial charge in [-0.25, -0.2) is 4.39 Å². The summed E-state index contributed by atoms with van der Waals surface area (Å²) in [6, 6.07) is 8.56. The summed E-state index contributed by atoms with van der Waals surface area (Å²) >= 11 is 5.22. The second-order valence-corrected chi connectivity index (χ2v) is 8.32. The Hall–Kier alpha value is -1.44. The molecule has 0 atom stereocenters. The average molecular weight is 414 g/mol. The van der Waals surface area contributed by atoms with Gasteiger partial charge in [0.2, 0.25) is 0 Å². The number of methoxy groups -OCH3 is 1. The van der Waals surface area contributed by atoms with Crippen LogP contribution in [0.3, 0.4) is 0 Å². The van der Waals surface area contributed by atoms with Gasteiger partial charge in [-0.1, -0.05) is 0 Å². The lowest BCUT2D eigenvalue weighted by Gasteiger charge is -2.32. The number of ether oxygens (including phenoxy) is 1. The lowest BCUT2D eigenvalue weighted by molar-refractivity contribution is -0.917. The van der Waals surface area contributed by atoms with Crippen LogP contribution in [0.5, 0.6) is 5.75 Å². The maximum Gasteiger partial charge on any atom is 0.257 e. The highest BCUT2D eigenvalue weighted by molar-refractivity contribution is 9.11. The van der Waals surface area contributed by atoms with Crippen molar-refractivity contribution in [2.45, 2.75) is 6.54 Å². The summed E-state index contributed by atoms with van der Waals surface area (Å²) < 4.78 is 20.2. The van der Waals surface area contributed by atoms with E-state index in [4.69, 9.17) is 4.74 Å². The van der Waals surface area contributed by atoms with Gasteiger partial charge >= 0.3 is 0 Å². The molecule has 1 aromatic heterocycles. The van der Waals surface area contributed by atoms with Crippen LogP contribution in [0.2, 0.25) is 0 Å². The number of halogens is 2. The van der Waals surface area contributed by atoms with Crippen LogP contribution in [0.15, 0.2) is 34.1 Å². The van der Waals surface area contributed by atoms with E-state index in [1.54, 1.807) is 22.3 Å². The monoisotopic (exact) mass is 413 g/mol. The van der Waals surface area contributed by atoms with E-state index >= 15 is 0 Å². The zero-order valence-corrected chi connectivity index (χ0v) is 15.8. The number of hydrogen-bond donors (Lipinski definition) is 1. The van der Waals surface area contributed by atoms with Crippen molar-refractivity contribution < 1.29 is 18.8 Å². The molecule has 0 spiro atoms. The van der Waals surface area contributed by atoms with Gasteiger partial charge in [0.1, 0.15) is 18.1 Å². The van der Waals surface area contributed by atoms with Gasteiger partial charge < -0.3 is 14.5 Å². The molecule has 24 heavy (non-hydrogen) atoms. The van der Waals surface area contributed by atoms with Gasteiger partial charge in [-0.2, -0.15) is 0 Å². The molecule has 0 radical (unpaired) electrons. The number of carbonyl (C=O) groups excluding carboxylic acids is 1. The van der Waals surface area contributed by atoms with E-state index in [9.17, 15) is 9.18 Å². The number of nitrogens with zero attached hydrogens (tertiary/aromatic N) is 1. The molecule has 7 heteroatoms. The molecule has 1 amide bonds. The predicted molar refractivity (Wildman–Crippen MR) is 95.3 cm³/mol. The third-order valence-corrected chi connectivity index (χ3v) is 5.84. The number of piperazine rings is 1. The molecule has 4 nitrogen and oxygen atoms in total. The third kappa shape index (κ3) is 3.96. The standard InChI is InChI=1S/C17H18BrFN2O2S/c1-23-12-2-4-14(15(19)10-12)17(22)21-8-6-20(7-9-21)11-13-3-5-16(18)24-13/h2-5,10H,6-9,11H2,1H3/p+1. The fourth-order valence-electron chi connectivity index (χ4n) is 2.86. The molecule has 0 unspecified atom stereocenters. The van der Waals surface area contributed by atoms with E-state index in [0.29, 0.717) is 18.8 Å². The number of rotatable bonds is 4. The van der Waals surface area contributed by atoms with E-state index in [1.165, 1.54) is 29.0 Å². The second-order valence-electron chi connectivity index (χ2n) is 5.77. The highest BCUT2D eigenvalue weighted by atomic mass is 79.9. The first-order valence-electron chi connectivity index (χ1n) is 7.77. The zero-order valence-electron chi connectivity index (χ0n) is 13.4. The first-order valence-corrected chi connectivity index (χ1v) is 9.38. The number of carbonyl (C=O) groups is 1. The molecule has 1 N–H and O–H groups in total. The summed E-state index contributed by atoms with van der Waals surface area (Å²) in [6.45, 7) is 4.01. The molecule has 128 valence electrons. The molecule has 3 rings (SSSR count). The Morgan fingerprint density at radius 1 is 1.33 bits per heavy atom. The molecular weight excluding hydrogens is 395 g/mol. The van der Waals surface area contributed by atoms with Gasteiger partial charge in [-0.15, -0.1) is 11.3 Å². The minimum absolute atomic E-state index is 0.112. The van der Waals surface area contributed by atoms with Crippen molar-refractivity contribution in [3.05, 3.63) is 50.4 Å². The first-order chi connectivity index (χ1) is 11.6. The maximum absolute atomic E-state index is 14.1. The largest absolute Gasteiger partial charge is 0.497 e. The van der Waals surface area contributed by atoms with E-state index in [0.717, 1.165) is 23.4 Å². The lowest BCUT2D eigenvalue weighted by Crippen LogP contribution is -3.13. The highest BCUT2D eigenvalue weighted by Gasteiger charge is 2.26. The van der Waals surface area contributed by atoms with Crippen LogP contribution in [-0.2, 0) is 6.54 Å². The fourth-order valence-corrected chi connectivity index (χ4v) is 4.42. The van der Waals surface area contributed by atoms with Crippen LogP contribution in [0, 0.1) is 5.82 Å². The number of hydrogen-bond acceptors (Lipinski definition) is 3. The number of nitrogens with one attached hydrogen (secondary N) is 1. The topological polar surface area (TPSA) is 34.0 Å². The van der Waals surface area contributed by atoms with Crippen LogP contribution >= 0.6 is 27.3 Å². The third-order valence-electron chi connectivity index (χ3n) is 4.22. The Morgan fingerprint density at radius 3 is 2.67 bits per heavy atom. The summed E-state index contributed by atoms with van der Waals surface area (Å²) in [5.74, 6) is -0.356. The molecule has 1 aromatic carbocycles.